The molecule has 0 bridgehead atoms. The molecule has 2 aliphatic heterocycles. The molecule has 0 radical (unpaired) electrons. The Morgan fingerprint density at radius 2 is 2.00 bits per heavy atom. The third-order valence-corrected chi connectivity index (χ3v) is 5.26. The second-order valence-electron chi connectivity index (χ2n) is 7.11. The summed E-state index contributed by atoms with van der Waals surface area (Å²) in [7, 11) is 0. The van der Waals surface area contributed by atoms with Crippen molar-refractivity contribution in [2.75, 3.05) is 24.6 Å². The van der Waals surface area contributed by atoms with Crippen molar-refractivity contribution in [1.82, 2.24) is 20.0 Å². The van der Waals surface area contributed by atoms with Crippen molar-refractivity contribution in [2.45, 2.75) is 25.3 Å². The number of hydrogen-bond donors (Lipinski definition) is 1. The van der Waals surface area contributed by atoms with Crippen LogP contribution in [0.15, 0.2) is 30.7 Å². The number of hydrogen-bond acceptors (Lipinski definition) is 7. The molecule has 2 aromatic rings. The minimum atomic E-state index is -0.609. The number of carbonyl (C=O) groups is 2. The lowest BCUT2D eigenvalue weighted by Crippen LogP contribution is -2.42. The lowest BCUT2D eigenvalue weighted by molar-refractivity contribution is -0.182. The van der Waals surface area contributed by atoms with Gasteiger partial charge in [-0.05, 0) is 30.5 Å². The summed E-state index contributed by atoms with van der Waals surface area (Å²) in [6.45, 7) is 1.54. The Balaban J connectivity index is 1.41. The standard InChI is InChI=1S/C19H21FN6O3/c20-14-9-13(10-22-11-14)16-4-8-29-26(16)18(28)12-2-6-25(7-3-12)19-23-5-1-15(24-19)17(21)27/h1,5,9-12,16H,2-4,6-8H2,(H2,21,27)/t16-/m1/s1. The molecular formula is C19H21FN6O3. The Kier molecular flexibility index (Phi) is 5.34. The van der Waals surface area contributed by atoms with Gasteiger partial charge in [-0.25, -0.2) is 19.4 Å². The molecule has 2 aromatic heterocycles. The van der Waals surface area contributed by atoms with Crippen LogP contribution in [0, 0.1) is 11.7 Å². The topological polar surface area (TPSA) is 115 Å². The van der Waals surface area contributed by atoms with Crippen LogP contribution in [0.4, 0.5) is 10.3 Å². The van der Waals surface area contributed by atoms with Gasteiger partial charge >= 0.3 is 0 Å². The van der Waals surface area contributed by atoms with Crippen molar-refractivity contribution in [3.63, 3.8) is 0 Å². The molecule has 2 aliphatic rings. The summed E-state index contributed by atoms with van der Waals surface area (Å²) in [4.78, 5) is 44.1. The first-order valence-corrected chi connectivity index (χ1v) is 9.47. The molecule has 4 rings (SSSR count). The summed E-state index contributed by atoms with van der Waals surface area (Å²) in [6.07, 6.45) is 5.98. The zero-order valence-corrected chi connectivity index (χ0v) is 15.7. The molecule has 29 heavy (non-hydrogen) atoms. The molecule has 4 heterocycles. The normalized spacial score (nSPS) is 20.1. The summed E-state index contributed by atoms with van der Waals surface area (Å²) in [5.41, 5.74) is 6.06. The minimum Gasteiger partial charge on any atom is -0.364 e. The van der Waals surface area contributed by atoms with Crippen LogP contribution in [-0.4, -0.2) is 51.5 Å². The molecule has 2 fully saturated rings. The number of halogens is 1. The number of primary amides is 1. The maximum absolute atomic E-state index is 13.5. The van der Waals surface area contributed by atoms with E-state index in [1.165, 1.54) is 23.4 Å². The van der Waals surface area contributed by atoms with Gasteiger partial charge in [0, 0.05) is 37.8 Å². The molecule has 0 unspecified atom stereocenters. The minimum absolute atomic E-state index is 0.108. The highest BCUT2D eigenvalue weighted by molar-refractivity contribution is 5.90. The van der Waals surface area contributed by atoms with Crippen LogP contribution in [0.25, 0.3) is 0 Å². The van der Waals surface area contributed by atoms with Crippen LogP contribution in [0.1, 0.15) is 41.4 Å². The van der Waals surface area contributed by atoms with E-state index < -0.39 is 11.7 Å². The van der Waals surface area contributed by atoms with Crippen LogP contribution in [0.2, 0.25) is 0 Å². The van der Waals surface area contributed by atoms with Gasteiger partial charge in [-0.1, -0.05) is 0 Å². The summed E-state index contributed by atoms with van der Waals surface area (Å²) in [6, 6.07) is 2.52. The van der Waals surface area contributed by atoms with Gasteiger partial charge in [0.15, 0.2) is 0 Å². The third-order valence-electron chi connectivity index (χ3n) is 5.26. The van der Waals surface area contributed by atoms with E-state index >= 15 is 0 Å². The predicted molar refractivity (Wildman–Crippen MR) is 99.8 cm³/mol. The molecule has 9 nitrogen and oxygen atoms in total. The highest BCUT2D eigenvalue weighted by atomic mass is 19.1. The van der Waals surface area contributed by atoms with Crippen molar-refractivity contribution in [3.05, 3.63) is 47.8 Å². The molecule has 2 N–H and O–H groups in total. The number of pyridine rings is 1. The number of rotatable bonds is 4. The predicted octanol–water partition coefficient (Wildman–Crippen LogP) is 1.23. The van der Waals surface area contributed by atoms with E-state index in [0.29, 0.717) is 50.5 Å². The fourth-order valence-corrected chi connectivity index (χ4v) is 3.74. The van der Waals surface area contributed by atoms with E-state index in [2.05, 4.69) is 15.0 Å². The van der Waals surface area contributed by atoms with Gasteiger partial charge in [-0.2, -0.15) is 0 Å². The Hall–Kier alpha value is -3.14. The number of anilines is 1. The van der Waals surface area contributed by atoms with Gasteiger partial charge in [-0.3, -0.25) is 19.4 Å². The maximum atomic E-state index is 13.5. The highest BCUT2D eigenvalue weighted by Gasteiger charge is 2.37. The second-order valence-corrected chi connectivity index (χ2v) is 7.11. The SMILES string of the molecule is NC(=O)c1ccnc(N2CCC(C(=O)N3OCC[C@@H]3c3cncc(F)c3)CC2)n1. The molecule has 0 aromatic carbocycles. The molecule has 10 heteroatoms. The highest BCUT2D eigenvalue weighted by Crippen LogP contribution is 2.33. The lowest BCUT2D eigenvalue weighted by atomic mass is 9.95. The van der Waals surface area contributed by atoms with Gasteiger partial charge in [-0.15, -0.1) is 0 Å². The Bertz CT molecular complexity index is 918. The number of aromatic nitrogens is 3. The average Bonchev–Trinajstić information content (AvgIpc) is 3.23. The number of amides is 2. The van der Waals surface area contributed by atoms with Crippen molar-refractivity contribution in [1.29, 1.82) is 0 Å². The number of nitrogens with two attached hydrogens (primary N) is 1. The molecular weight excluding hydrogens is 379 g/mol. The fourth-order valence-electron chi connectivity index (χ4n) is 3.74. The quantitative estimate of drug-likeness (QED) is 0.821. The third kappa shape index (κ3) is 4.02. The van der Waals surface area contributed by atoms with Crippen LogP contribution in [-0.2, 0) is 9.63 Å². The van der Waals surface area contributed by atoms with Crippen molar-refractivity contribution < 1.29 is 18.8 Å². The zero-order valence-electron chi connectivity index (χ0n) is 15.7. The number of carbonyl (C=O) groups excluding carboxylic acids is 2. The van der Waals surface area contributed by atoms with E-state index in [1.807, 2.05) is 4.90 Å². The molecule has 0 saturated carbocycles. The van der Waals surface area contributed by atoms with E-state index in [0.717, 1.165) is 6.20 Å². The first-order valence-electron chi connectivity index (χ1n) is 9.47. The smallest absolute Gasteiger partial charge is 0.267 e. The monoisotopic (exact) mass is 400 g/mol. The Morgan fingerprint density at radius 3 is 2.72 bits per heavy atom. The van der Waals surface area contributed by atoms with E-state index in [1.54, 1.807) is 6.20 Å². The first kappa shape index (κ1) is 19.2. The number of hydroxylamine groups is 2. The molecule has 152 valence electrons. The summed E-state index contributed by atoms with van der Waals surface area (Å²) >= 11 is 0. The summed E-state index contributed by atoms with van der Waals surface area (Å²) in [5, 5.41) is 1.38. The van der Waals surface area contributed by atoms with Crippen molar-refractivity contribution >= 4 is 17.8 Å². The molecule has 0 spiro atoms. The lowest BCUT2D eigenvalue weighted by Gasteiger charge is -2.34. The van der Waals surface area contributed by atoms with E-state index in [9.17, 15) is 14.0 Å². The van der Waals surface area contributed by atoms with Crippen LogP contribution in [0.5, 0.6) is 0 Å². The molecule has 1 atom stereocenters. The summed E-state index contributed by atoms with van der Waals surface area (Å²) in [5.74, 6) is -0.944. The van der Waals surface area contributed by atoms with Gasteiger partial charge < -0.3 is 10.6 Å². The maximum Gasteiger partial charge on any atom is 0.267 e. The molecule has 2 saturated heterocycles. The molecule has 2 amide bonds. The van der Waals surface area contributed by atoms with Crippen LogP contribution in [0.3, 0.4) is 0 Å². The summed E-state index contributed by atoms with van der Waals surface area (Å²) < 4.78 is 13.5. The van der Waals surface area contributed by atoms with Crippen LogP contribution >= 0.6 is 0 Å². The first-order chi connectivity index (χ1) is 14.0. The number of nitrogens with zero attached hydrogens (tertiary/aromatic N) is 5. The number of piperidine rings is 1. The second kappa shape index (κ2) is 8.08. The zero-order chi connectivity index (χ0) is 20.4. The van der Waals surface area contributed by atoms with Gasteiger partial charge in [0.25, 0.3) is 5.91 Å². The van der Waals surface area contributed by atoms with Crippen molar-refractivity contribution in [2.24, 2.45) is 11.7 Å². The Morgan fingerprint density at radius 1 is 1.21 bits per heavy atom. The van der Waals surface area contributed by atoms with Crippen molar-refractivity contribution in [3.8, 4) is 0 Å². The fraction of sp³-hybridized carbons (Fsp3) is 0.421. The van der Waals surface area contributed by atoms with E-state index in [4.69, 9.17) is 10.6 Å². The van der Waals surface area contributed by atoms with E-state index in [-0.39, 0.29) is 23.6 Å². The molecule has 0 aliphatic carbocycles. The van der Waals surface area contributed by atoms with Gasteiger partial charge in [0.05, 0.1) is 18.8 Å². The van der Waals surface area contributed by atoms with Gasteiger partial charge in [0.1, 0.15) is 11.5 Å². The average molecular weight is 400 g/mol. The Labute approximate surface area is 166 Å². The largest absolute Gasteiger partial charge is 0.364 e. The van der Waals surface area contributed by atoms with Gasteiger partial charge in [0.2, 0.25) is 11.9 Å². The van der Waals surface area contributed by atoms with Crippen LogP contribution < -0.4 is 10.6 Å².